The Hall–Kier alpha value is -1.64. The molecular formula is C16H16NP. The largest absolute Gasteiger partial charge is 0.198 e. The van der Waals surface area contributed by atoms with E-state index in [1.165, 1.54) is 10.6 Å². The average Bonchev–Trinajstić information content (AvgIpc) is 2.46. The Kier molecular flexibility index (Phi) is 4.51. The second kappa shape index (κ2) is 6.34. The van der Waals surface area contributed by atoms with E-state index in [4.69, 9.17) is 5.26 Å². The van der Waals surface area contributed by atoms with Gasteiger partial charge in [-0.05, 0) is 31.6 Å². The van der Waals surface area contributed by atoms with Crippen LogP contribution in [0.25, 0.3) is 0 Å². The van der Waals surface area contributed by atoms with Crippen molar-refractivity contribution < 1.29 is 0 Å². The Morgan fingerprint density at radius 1 is 0.944 bits per heavy atom. The van der Waals surface area contributed by atoms with Gasteiger partial charge >= 0.3 is 0 Å². The predicted molar refractivity (Wildman–Crippen MR) is 78.7 cm³/mol. The van der Waals surface area contributed by atoms with Crippen molar-refractivity contribution in [2.24, 2.45) is 5.92 Å². The summed E-state index contributed by atoms with van der Waals surface area (Å²) in [5.74, 6) is 0.0940. The topological polar surface area (TPSA) is 23.8 Å². The van der Waals surface area contributed by atoms with Gasteiger partial charge in [0.15, 0.2) is 0 Å². The van der Waals surface area contributed by atoms with Gasteiger partial charge in [-0.2, -0.15) is 5.26 Å². The SMILES string of the molecule is C[C@H](C#N)CP(c1ccccc1)c1ccccc1. The summed E-state index contributed by atoms with van der Waals surface area (Å²) in [4.78, 5) is 0. The van der Waals surface area contributed by atoms with Gasteiger partial charge in [-0.25, -0.2) is 0 Å². The van der Waals surface area contributed by atoms with Crippen LogP contribution in [0.1, 0.15) is 6.92 Å². The summed E-state index contributed by atoms with van der Waals surface area (Å²) in [6.45, 7) is 2.00. The molecule has 2 heteroatoms. The zero-order chi connectivity index (χ0) is 12.8. The quantitative estimate of drug-likeness (QED) is 0.767. The first-order chi connectivity index (χ1) is 8.81. The molecular weight excluding hydrogens is 237 g/mol. The van der Waals surface area contributed by atoms with Crippen molar-refractivity contribution in [3.05, 3.63) is 60.7 Å². The first-order valence-electron chi connectivity index (χ1n) is 6.08. The second-order valence-corrected chi connectivity index (χ2v) is 6.57. The van der Waals surface area contributed by atoms with E-state index in [0.29, 0.717) is 0 Å². The minimum Gasteiger partial charge on any atom is -0.198 e. The predicted octanol–water partition coefficient (Wildman–Crippen LogP) is 3.28. The number of benzene rings is 2. The minimum atomic E-state index is -0.419. The van der Waals surface area contributed by atoms with Crippen molar-refractivity contribution in [1.29, 1.82) is 5.26 Å². The molecule has 0 aliphatic heterocycles. The van der Waals surface area contributed by atoms with Gasteiger partial charge in [0, 0.05) is 5.92 Å². The van der Waals surface area contributed by atoms with Crippen molar-refractivity contribution >= 4 is 18.5 Å². The standard InChI is InChI=1S/C16H16NP/c1-14(12-17)13-18(15-8-4-2-5-9-15)16-10-6-3-7-11-16/h2-11,14H,13H2,1H3/t14-/m1/s1. The van der Waals surface area contributed by atoms with Crippen LogP contribution < -0.4 is 10.6 Å². The molecule has 2 rings (SSSR count). The third-order valence-electron chi connectivity index (χ3n) is 2.81. The highest BCUT2D eigenvalue weighted by Crippen LogP contribution is 2.35. The van der Waals surface area contributed by atoms with E-state index in [2.05, 4.69) is 54.6 Å². The molecule has 0 unspecified atom stereocenters. The molecule has 2 aromatic rings. The fourth-order valence-corrected chi connectivity index (χ4v) is 4.30. The lowest BCUT2D eigenvalue weighted by molar-refractivity contribution is 0.860. The molecule has 0 aliphatic carbocycles. The maximum Gasteiger partial charge on any atom is 0.0656 e. The van der Waals surface area contributed by atoms with Gasteiger partial charge < -0.3 is 0 Å². The third kappa shape index (κ3) is 3.19. The monoisotopic (exact) mass is 253 g/mol. The minimum absolute atomic E-state index is 0.0940. The summed E-state index contributed by atoms with van der Waals surface area (Å²) in [7, 11) is -0.419. The Balaban J connectivity index is 2.33. The van der Waals surface area contributed by atoms with Gasteiger partial charge in [-0.3, -0.25) is 0 Å². The fraction of sp³-hybridized carbons (Fsp3) is 0.188. The van der Waals surface area contributed by atoms with Crippen LogP contribution in [0, 0.1) is 17.2 Å². The molecule has 2 aromatic carbocycles. The van der Waals surface area contributed by atoms with Gasteiger partial charge in [0.05, 0.1) is 6.07 Å². The first kappa shape index (κ1) is 12.8. The summed E-state index contributed by atoms with van der Waals surface area (Å²) >= 11 is 0. The Morgan fingerprint density at radius 3 is 1.78 bits per heavy atom. The Bertz CT molecular complexity index is 476. The molecule has 0 amide bonds. The molecule has 0 radical (unpaired) electrons. The van der Waals surface area contributed by atoms with E-state index in [-0.39, 0.29) is 5.92 Å². The van der Waals surface area contributed by atoms with Crippen LogP contribution in [0.15, 0.2) is 60.7 Å². The van der Waals surface area contributed by atoms with Gasteiger partial charge in [-0.15, -0.1) is 0 Å². The molecule has 1 atom stereocenters. The number of hydrogen-bond donors (Lipinski definition) is 0. The second-order valence-electron chi connectivity index (χ2n) is 4.31. The van der Waals surface area contributed by atoms with Crippen LogP contribution >= 0.6 is 7.92 Å². The molecule has 0 bridgehead atoms. The maximum atomic E-state index is 9.04. The molecule has 0 aromatic heterocycles. The van der Waals surface area contributed by atoms with E-state index in [1.807, 2.05) is 19.1 Å². The van der Waals surface area contributed by atoms with Gasteiger partial charge in [0.1, 0.15) is 0 Å². The van der Waals surface area contributed by atoms with Crippen LogP contribution in [0.5, 0.6) is 0 Å². The molecule has 18 heavy (non-hydrogen) atoms. The van der Waals surface area contributed by atoms with Crippen LogP contribution in [0.3, 0.4) is 0 Å². The highest BCUT2D eigenvalue weighted by molar-refractivity contribution is 7.73. The highest BCUT2D eigenvalue weighted by atomic mass is 31.1. The molecule has 0 saturated heterocycles. The van der Waals surface area contributed by atoms with Crippen LogP contribution in [0.4, 0.5) is 0 Å². The molecule has 0 N–H and O–H groups in total. The summed E-state index contributed by atoms with van der Waals surface area (Å²) in [6.07, 6.45) is 0.930. The Labute approximate surface area is 110 Å². The van der Waals surface area contributed by atoms with Crippen molar-refractivity contribution in [3.63, 3.8) is 0 Å². The normalized spacial score (nSPS) is 12.1. The summed E-state index contributed by atoms with van der Waals surface area (Å²) < 4.78 is 0. The molecule has 0 spiro atoms. The average molecular weight is 253 g/mol. The molecule has 1 nitrogen and oxygen atoms in total. The molecule has 0 aliphatic rings. The van der Waals surface area contributed by atoms with Crippen LogP contribution in [0.2, 0.25) is 0 Å². The van der Waals surface area contributed by atoms with E-state index in [0.717, 1.165) is 6.16 Å². The van der Waals surface area contributed by atoms with Gasteiger partial charge in [-0.1, -0.05) is 60.7 Å². The number of hydrogen-bond acceptors (Lipinski definition) is 1. The van der Waals surface area contributed by atoms with E-state index >= 15 is 0 Å². The van der Waals surface area contributed by atoms with E-state index in [1.54, 1.807) is 0 Å². The molecule has 90 valence electrons. The van der Waals surface area contributed by atoms with Crippen molar-refractivity contribution in [3.8, 4) is 6.07 Å². The molecule has 0 fully saturated rings. The van der Waals surface area contributed by atoms with Crippen molar-refractivity contribution in [2.45, 2.75) is 6.92 Å². The number of nitriles is 1. The molecule has 0 saturated carbocycles. The highest BCUT2D eigenvalue weighted by Gasteiger charge is 2.16. The van der Waals surface area contributed by atoms with Crippen molar-refractivity contribution in [2.75, 3.05) is 6.16 Å². The molecule has 0 heterocycles. The van der Waals surface area contributed by atoms with Gasteiger partial charge in [0.2, 0.25) is 0 Å². The van der Waals surface area contributed by atoms with Gasteiger partial charge in [0.25, 0.3) is 0 Å². The fourth-order valence-electron chi connectivity index (χ4n) is 1.89. The lowest BCUT2D eigenvalue weighted by Crippen LogP contribution is -2.16. The summed E-state index contributed by atoms with van der Waals surface area (Å²) in [6, 6.07) is 23.4. The first-order valence-corrected chi connectivity index (χ1v) is 7.61. The Morgan fingerprint density at radius 2 is 1.39 bits per heavy atom. The maximum absolute atomic E-state index is 9.04. The summed E-state index contributed by atoms with van der Waals surface area (Å²) in [5.41, 5.74) is 0. The third-order valence-corrected chi connectivity index (χ3v) is 5.57. The number of nitrogens with zero attached hydrogens (tertiary/aromatic N) is 1. The van der Waals surface area contributed by atoms with E-state index < -0.39 is 7.92 Å². The van der Waals surface area contributed by atoms with Crippen LogP contribution in [-0.4, -0.2) is 6.16 Å². The zero-order valence-corrected chi connectivity index (χ0v) is 11.3. The lowest BCUT2D eigenvalue weighted by atomic mass is 10.3. The van der Waals surface area contributed by atoms with E-state index in [9.17, 15) is 0 Å². The smallest absolute Gasteiger partial charge is 0.0656 e. The van der Waals surface area contributed by atoms with Crippen LogP contribution in [-0.2, 0) is 0 Å². The van der Waals surface area contributed by atoms with Crippen molar-refractivity contribution in [1.82, 2.24) is 0 Å². The number of rotatable bonds is 4. The zero-order valence-electron chi connectivity index (χ0n) is 10.5. The summed E-state index contributed by atoms with van der Waals surface area (Å²) in [5, 5.41) is 11.7. The lowest BCUT2D eigenvalue weighted by Gasteiger charge is -2.19.